The molecule has 0 radical (unpaired) electrons. The lowest BCUT2D eigenvalue weighted by Crippen LogP contribution is -2.45. The van der Waals surface area contributed by atoms with Gasteiger partial charge in [-0.2, -0.15) is 4.72 Å². The molecule has 1 heterocycles. The third-order valence-electron chi connectivity index (χ3n) is 4.65. The normalized spacial score (nSPS) is 12.5. The molecule has 158 valence electrons. The van der Waals surface area contributed by atoms with Gasteiger partial charge in [0.2, 0.25) is 21.9 Å². The van der Waals surface area contributed by atoms with Crippen molar-refractivity contribution >= 4 is 32.9 Å². The van der Waals surface area contributed by atoms with Crippen LogP contribution in [-0.4, -0.2) is 30.3 Å². The van der Waals surface area contributed by atoms with Gasteiger partial charge in [0.25, 0.3) is 0 Å². The first-order chi connectivity index (χ1) is 14.9. The highest BCUT2D eigenvalue weighted by molar-refractivity contribution is 7.89. The number of nitrogens with zero attached hydrogens (tertiary/aromatic N) is 1. The van der Waals surface area contributed by atoms with Crippen molar-refractivity contribution in [2.75, 3.05) is 5.32 Å². The summed E-state index contributed by atoms with van der Waals surface area (Å²) in [6, 6.07) is 20.0. The third kappa shape index (κ3) is 4.79. The van der Waals surface area contributed by atoms with E-state index in [1.54, 1.807) is 36.4 Å². The number of H-pyrrole nitrogens is 1. The van der Waals surface area contributed by atoms with E-state index in [4.69, 9.17) is 0 Å². The zero-order valence-electron chi connectivity index (χ0n) is 16.2. The van der Waals surface area contributed by atoms with E-state index in [0.717, 1.165) is 23.2 Å². The summed E-state index contributed by atoms with van der Waals surface area (Å²) in [7, 11) is -4.29. The Balaban J connectivity index is 1.61. The molecule has 0 aliphatic carbocycles. The molecule has 4 rings (SSSR count). The Labute approximate surface area is 178 Å². The second-order valence-corrected chi connectivity index (χ2v) is 8.57. The first kappa shape index (κ1) is 20.7. The Bertz CT molecular complexity index is 1290. The molecule has 0 saturated carbocycles. The predicted octanol–water partition coefficient (Wildman–Crippen LogP) is 3.23. The molecular weight excluding hydrogens is 419 g/mol. The van der Waals surface area contributed by atoms with Crippen molar-refractivity contribution in [3.8, 4) is 0 Å². The maximum absolute atomic E-state index is 14.1. The third-order valence-corrected chi connectivity index (χ3v) is 6.16. The molecule has 0 saturated heterocycles. The zero-order valence-corrected chi connectivity index (χ0v) is 17.1. The Hall–Kier alpha value is -3.56. The number of nitrogens with one attached hydrogen (secondary N) is 3. The predicted molar refractivity (Wildman–Crippen MR) is 115 cm³/mol. The number of rotatable bonds is 7. The van der Waals surface area contributed by atoms with Crippen molar-refractivity contribution in [1.29, 1.82) is 0 Å². The number of carbonyl (C=O) groups excluding carboxylic acids is 1. The Morgan fingerprint density at radius 3 is 2.39 bits per heavy atom. The quantitative estimate of drug-likeness (QED) is 0.412. The van der Waals surface area contributed by atoms with Gasteiger partial charge in [0, 0.05) is 0 Å². The summed E-state index contributed by atoms with van der Waals surface area (Å²) in [5.41, 5.74) is 2.12. The highest BCUT2D eigenvalue weighted by atomic mass is 32.2. The van der Waals surface area contributed by atoms with Crippen LogP contribution in [0.1, 0.15) is 5.56 Å². The maximum Gasteiger partial charge on any atom is 0.245 e. The number of sulfonamides is 1. The van der Waals surface area contributed by atoms with Crippen LogP contribution in [0.2, 0.25) is 0 Å². The van der Waals surface area contributed by atoms with Crippen molar-refractivity contribution < 1.29 is 17.6 Å². The summed E-state index contributed by atoms with van der Waals surface area (Å²) in [5.74, 6) is -1.33. The lowest BCUT2D eigenvalue weighted by Gasteiger charge is -2.18. The van der Waals surface area contributed by atoms with Gasteiger partial charge in [0.05, 0.1) is 11.0 Å². The van der Waals surface area contributed by atoms with Gasteiger partial charge < -0.3 is 4.98 Å². The van der Waals surface area contributed by atoms with Crippen molar-refractivity contribution in [3.05, 3.63) is 90.2 Å². The van der Waals surface area contributed by atoms with Crippen molar-refractivity contribution in [2.45, 2.75) is 17.4 Å². The molecule has 1 aromatic heterocycles. The van der Waals surface area contributed by atoms with Crippen LogP contribution in [0.5, 0.6) is 0 Å². The summed E-state index contributed by atoms with van der Waals surface area (Å²) in [6.45, 7) is 0. The van der Waals surface area contributed by atoms with Crippen LogP contribution in [0.25, 0.3) is 11.0 Å². The summed E-state index contributed by atoms with van der Waals surface area (Å²) in [5, 5.41) is 2.61. The molecule has 31 heavy (non-hydrogen) atoms. The molecule has 7 nitrogen and oxygen atoms in total. The first-order valence-electron chi connectivity index (χ1n) is 9.49. The number of amides is 1. The van der Waals surface area contributed by atoms with Gasteiger partial charge in [-0.1, -0.05) is 54.6 Å². The average molecular weight is 438 g/mol. The zero-order chi connectivity index (χ0) is 21.8. The van der Waals surface area contributed by atoms with E-state index in [1.165, 1.54) is 12.1 Å². The summed E-state index contributed by atoms with van der Waals surface area (Å²) < 4.78 is 42.0. The molecule has 4 aromatic rings. The number of para-hydroxylation sites is 2. The SMILES string of the molecule is O=C(Nc1nc2ccccc2[nH]1)C(Cc1ccccc1)NS(=O)(=O)c1ccccc1F. The Kier molecular flexibility index (Phi) is 5.79. The summed E-state index contributed by atoms with van der Waals surface area (Å²) >= 11 is 0. The summed E-state index contributed by atoms with van der Waals surface area (Å²) in [4.78, 5) is 19.7. The van der Waals surface area contributed by atoms with Crippen molar-refractivity contribution in [3.63, 3.8) is 0 Å². The van der Waals surface area contributed by atoms with E-state index in [1.807, 2.05) is 18.2 Å². The molecule has 1 amide bonds. The van der Waals surface area contributed by atoms with E-state index < -0.39 is 32.7 Å². The van der Waals surface area contributed by atoms with Crippen LogP contribution in [0.3, 0.4) is 0 Å². The molecule has 0 bridgehead atoms. The average Bonchev–Trinajstić information content (AvgIpc) is 3.16. The summed E-state index contributed by atoms with van der Waals surface area (Å²) in [6.07, 6.45) is 0.0700. The Morgan fingerprint density at radius 2 is 1.65 bits per heavy atom. The minimum atomic E-state index is -4.29. The Morgan fingerprint density at radius 1 is 0.968 bits per heavy atom. The molecule has 0 aliphatic heterocycles. The van der Waals surface area contributed by atoms with Gasteiger partial charge in [-0.05, 0) is 36.2 Å². The topological polar surface area (TPSA) is 104 Å². The second kappa shape index (κ2) is 8.66. The largest absolute Gasteiger partial charge is 0.324 e. The van der Waals surface area contributed by atoms with Crippen LogP contribution in [0, 0.1) is 5.82 Å². The number of hydrogen-bond acceptors (Lipinski definition) is 4. The number of imidazole rings is 1. The fraction of sp³-hybridized carbons (Fsp3) is 0.0909. The van der Waals surface area contributed by atoms with E-state index in [0.29, 0.717) is 5.52 Å². The van der Waals surface area contributed by atoms with Gasteiger partial charge in [-0.25, -0.2) is 17.8 Å². The number of aromatic amines is 1. The van der Waals surface area contributed by atoms with E-state index >= 15 is 0 Å². The number of fused-ring (bicyclic) bond motifs is 1. The number of aromatic nitrogens is 2. The van der Waals surface area contributed by atoms with E-state index in [9.17, 15) is 17.6 Å². The standard InChI is InChI=1S/C22H19FN4O3S/c23-16-10-4-7-13-20(16)31(29,30)27-19(14-15-8-2-1-3-9-15)21(28)26-22-24-17-11-5-6-12-18(17)25-22/h1-13,19,27H,14H2,(H2,24,25,26,28). The van der Waals surface area contributed by atoms with Gasteiger partial charge in [0.1, 0.15) is 16.8 Å². The van der Waals surface area contributed by atoms with Crippen molar-refractivity contribution in [2.24, 2.45) is 0 Å². The molecule has 0 aliphatic rings. The van der Waals surface area contributed by atoms with Crippen LogP contribution in [0.4, 0.5) is 10.3 Å². The van der Waals surface area contributed by atoms with Gasteiger partial charge in [-0.15, -0.1) is 0 Å². The number of anilines is 1. The molecule has 3 aromatic carbocycles. The minimum absolute atomic E-state index is 0.0700. The van der Waals surface area contributed by atoms with Gasteiger partial charge >= 0.3 is 0 Å². The number of halogens is 1. The van der Waals surface area contributed by atoms with Gasteiger partial charge in [0.15, 0.2) is 0 Å². The number of carbonyl (C=O) groups is 1. The van der Waals surface area contributed by atoms with Crippen LogP contribution < -0.4 is 10.0 Å². The highest BCUT2D eigenvalue weighted by Gasteiger charge is 2.28. The number of benzene rings is 3. The minimum Gasteiger partial charge on any atom is -0.324 e. The molecule has 1 atom stereocenters. The van der Waals surface area contributed by atoms with Crippen LogP contribution in [-0.2, 0) is 21.2 Å². The second-order valence-electron chi connectivity index (χ2n) is 6.89. The monoisotopic (exact) mass is 438 g/mol. The fourth-order valence-electron chi connectivity index (χ4n) is 3.17. The molecule has 9 heteroatoms. The van der Waals surface area contributed by atoms with Crippen molar-refractivity contribution in [1.82, 2.24) is 14.7 Å². The smallest absolute Gasteiger partial charge is 0.245 e. The molecule has 0 spiro atoms. The first-order valence-corrected chi connectivity index (χ1v) is 11.0. The lowest BCUT2D eigenvalue weighted by molar-refractivity contribution is -0.117. The van der Waals surface area contributed by atoms with E-state index in [2.05, 4.69) is 20.0 Å². The molecular formula is C22H19FN4O3S. The molecule has 0 fully saturated rings. The fourth-order valence-corrected chi connectivity index (χ4v) is 4.44. The number of hydrogen-bond donors (Lipinski definition) is 3. The highest BCUT2D eigenvalue weighted by Crippen LogP contribution is 2.17. The van der Waals surface area contributed by atoms with E-state index in [-0.39, 0.29) is 12.4 Å². The molecule has 1 unspecified atom stereocenters. The van der Waals surface area contributed by atoms with Gasteiger partial charge in [-0.3, -0.25) is 10.1 Å². The van der Waals surface area contributed by atoms with Crippen LogP contribution in [0.15, 0.2) is 83.8 Å². The lowest BCUT2D eigenvalue weighted by atomic mass is 10.1. The molecule has 3 N–H and O–H groups in total. The van der Waals surface area contributed by atoms with Crippen LogP contribution >= 0.6 is 0 Å². The maximum atomic E-state index is 14.1.